The Morgan fingerprint density at radius 3 is 2.12 bits per heavy atom. The summed E-state index contributed by atoms with van der Waals surface area (Å²) in [5.74, 6) is 1.65. The molecule has 0 radical (unpaired) electrons. The molecule has 1 saturated heterocycles. The average Bonchev–Trinajstić information content (AvgIpc) is 2.92. The Labute approximate surface area is 155 Å². The summed E-state index contributed by atoms with van der Waals surface area (Å²) in [5.41, 5.74) is 3.25. The van der Waals surface area contributed by atoms with E-state index < -0.39 is 5.60 Å². The Morgan fingerprint density at radius 2 is 1.54 bits per heavy atom. The van der Waals surface area contributed by atoms with Crippen LogP contribution in [0.4, 0.5) is 0 Å². The summed E-state index contributed by atoms with van der Waals surface area (Å²) in [6.45, 7) is 5.07. The number of aromatic hydroxyl groups is 1. The Morgan fingerprint density at radius 1 is 0.962 bits per heavy atom. The molecule has 136 valence electrons. The molecule has 2 fully saturated rings. The van der Waals surface area contributed by atoms with Crippen LogP contribution in [-0.2, 0) is 18.3 Å². The molecule has 1 heterocycles. The summed E-state index contributed by atoms with van der Waals surface area (Å²) < 4.78 is 0. The number of piperidine rings is 1. The number of rotatable bonds is 4. The number of aliphatic hydroxyl groups is 1. The molecule has 3 heteroatoms. The van der Waals surface area contributed by atoms with Gasteiger partial charge in [-0.15, -0.1) is 0 Å². The molecule has 0 spiro atoms. The highest BCUT2D eigenvalue weighted by atomic mass is 16.3. The van der Waals surface area contributed by atoms with E-state index >= 15 is 0 Å². The van der Waals surface area contributed by atoms with E-state index in [2.05, 4.69) is 42.2 Å². The van der Waals surface area contributed by atoms with E-state index in [9.17, 15) is 10.2 Å². The van der Waals surface area contributed by atoms with Gasteiger partial charge in [-0.2, -0.15) is 0 Å². The van der Waals surface area contributed by atoms with Crippen molar-refractivity contribution >= 4 is 0 Å². The number of phenols is 1. The second-order valence-corrected chi connectivity index (χ2v) is 8.66. The first kappa shape index (κ1) is 16.3. The average molecular weight is 349 g/mol. The molecule has 3 nitrogen and oxygen atoms in total. The van der Waals surface area contributed by atoms with Crippen molar-refractivity contribution < 1.29 is 10.2 Å². The minimum absolute atomic E-state index is 0.142. The van der Waals surface area contributed by atoms with Crippen molar-refractivity contribution in [2.45, 2.75) is 37.2 Å². The van der Waals surface area contributed by atoms with Crippen molar-refractivity contribution in [1.82, 2.24) is 4.90 Å². The van der Waals surface area contributed by atoms with E-state index in [0.29, 0.717) is 17.6 Å². The lowest BCUT2D eigenvalue weighted by atomic mass is 9.86. The van der Waals surface area contributed by atoms with E-state index in [1.54, 1.807) is 0 Å². The fraction of sp³-hybridized carbons (Fsp3) is 0.478. The first-order valence-electron chi connectivity index (χ1n) is 9.86. The summed E-state index contributed by atoms with van der Waals surface area (Å²) in [5, 5.41) is 21.5. The molecule has 2 atom stereocenters. The van der Waals surface area contributed by atoms with Crippen LogP contribution >= 0.6 is 0 Å². The summed E-state index contributed by atoms with van der Waals surface area (Å²) >= 11 is 0. The van der Waals surface area contributed by atoms with Crippen molar-refractivity contribution in [3.05, 3.63) is 65.2 Å². The van der Waals surface area contributed by atoms with Crippen LogP contribution in [-0.4, -0.2) is 40.3 Å². The first-order valence-corrected chi connectivity index (χ1v) is 9.86. The zero-order chi connectivity index (χ0) is 17.9. The highest BCUT2D eigenvalue weighted by Crippen LogP contribution is 2.66. The van der Waals surface area contributed by atoms with Crippen LogP contribution in [0.1, 0.15) is 30.0 Å². The summed E-state index contributed by atoms with van der Waals surface area (Å²) in [6, 6.07) is 16.3. The normalized spacial score (nSPS) is 31.6. The molecule has 5 rings (SSSR count). The van der Waals surface area contributed by atoms with Gasteiger partial charge in [0.05, 0.1) is 5.60 Å². The largest absolute Gasteiger partial charge is 0.508 e. The van der Waals surface area contributed by atoms with Gasteiger partial charge >= 0.3 is 0 Å². The number of hydrogen-bond donors (Lipinski definition) is 2. The summed E-state index contributed by atoms with van der Waals surface area (Å²) in [6.07, 6.45) is 2.62. The third-order valence-corrected chi connectivity index (χ3v) is 7.28. The molecule has 2 aliphatic carbocycles. The fourth-order valence-corrected chi connectivity index (χ4v) is 6.13. The number of β-amino-alcohol motifs (C(OH)–C–C–N with tert-alkyl or cyclic N) is 1. The van der Waals surface area contributed by atoms with Gasteiger partial charge in [0.25, 0.3) is 0 Å². The monoisotopic (exact) mass is 349 g/mol. The van der Waals surface area contributed by atoms with Gasteiger partial charge in [0.15, 0.2) is 0 Å². The van der Waals surface area contributed by atoms with Gasteiger partial charge in [-0.25, -0.2) is 0 Å². The van der Waals surface area contributed by atoms with Crippen LogP contribution in [0.5, 0.6) is 5.75 Å². The van der Waals surface area contributed by atoms with E-state index in [0.717, 1.165) is 44.5 Å². The smallest absolute Gasteiger partial charge is 0.119 e. The van der Waals surface area contributed by atoms with Crippen LogP contribution in [0.15, 0.2) is 48.5 Å². The van der Waals surface area contributed by atoms with Gasteiger partial charge in [0.2, 0.25) is 0 Å². The minimum Gasteiger partial charge on any atom is -0.508 e. The van der Waals surface area contributed by atoms with E-state index in [4.69, 9.17) is 0 Å². The molecule has 0 bridgehead atoms. The van der Waals surface area contributed by atoms with Crippen molar-refractivity contribution in [3.63, 3.8) is 0 Å². The van der Waals surface area contributed by atoms with Gasteiger partial charge in [-0.3, -0.25) is 4.90 Å². The number of fused-ring (bicyclic) bond motifs is 2. The second-order valence-electron chi connectivity index (χ2n) is 8.66. The maximum absolute atomic E-state index is 11.1. The lowest BCUT2D eigenvalue weighted by Gasteiger charge is -2.32. The Hall–Kier alpha value is -1.84. The third-order valence-electron chi connectivity index (χ3n) is 7.28. The molecule has 1 aliphatic heterocycles. The molecule has 3 aliphatic rings. The zero-order valence-corrected chi connectivity index (χ0v) is 15.4. The quantitative estimate of drug-likeness (QED) is 0.891. The molecule has 0 aromatic heterocycles. The van der Waals surface area contributed by atoms with E-state index in [-0.39, 0.29) is 5.41 Å². The number of nitrogens with zero attached hydrogens (tertiary/aromatic N) is 1. The van der Waals surface area contributed by atoms with E-state index in [1.807, 2.05) is 18.2 Å². The number of hydrogen-bond acceptors (Lipinski definition) is 3. The minimum atomic E-state index is -0.621. The van der Waals surface area contributed by atoms with Gasteiger partial charge in [0, 0.05) is 43.5 Å². The summed E-state index contributed by atoms with van der Waals surface area (Å²) in [7, 11) is 0. The Bertz CT molecular complexity index is 809. The number of phenolic OH excluding ortho intramolecular Hbond substituents is 1. The molecule has 2 N–H and O–H groups in total. The standard InChI is InChI=1S/C23H27NO2/c1-2-23(18-9-5-6-10-21(18)25)19-13-24(14-20(19)23)15-22(26)11-16-7-3-4-8-17(16)12-22/h3-10,19-20,25-26H,2,11-15H2,1H3. The maximum atomic E-state index is 11.1. The van der Waals surface area contributed by atoms with Crippen LogP contribution in [0.2, 0.25) is 0 Å². The first-order chi connectivity index (χ1) is 12.6. The molecule has 2 aromatic carbocycles. The van der Waals surface area contributed by atoms with Crippen LogP contribution in [0.25, 0.3) is 0 Å². The molecule has 1 saturated carbocycles. The maximum Gasteiger partial charge on any atom is 0.119 e. The molecular weight excluding hydrogens is 322 g/mol. The summed E-state index contributed by atoms with van der Waals surface area (Å²) in [4.78, 5) is 2.45. The highest BCUT2D eigenvalue weighted by Gasteiger charge is 2.68. The number of para-hydroxylation sites is 1. The highest BCUT2D eigenvalue weighted by molar-refractivity contribution is 5.47. The van der Waals surface area contributed by atoms with Crippen molar-refractivity contribution in [1.29, 1.82) is 0 Å². The lowest BCUT2D eigenvalue weighted by Crippen LogP contribution is -2.45. The Kier molecular flexibility index (Phi) is 3.51. The van der Waals surface area contributed by atoms with Crippen LogP contribution < -0.4 is 0 Å². The van der Waals surface area contributed by atoms with E-state index in [1.165, 1.54) is 11.1 Å². The molecule has 26 heavy (non-hydrogen) atoms. The molecule has 0 amide bonds. The van der Waals surface area contributed by atoms with Gasteiger partial charge in [0.1, 0.15) is 5.75 Å². The fourth-order valence-electron chi connectivity index (χ4n) is 6.13. The van der Waals surface area contributed by atoms with Crippen molar-refractivity contribution in [2.75, 3.05) is 19.6 Å². The third kappa shape index (κ3) is 2.27. The molecule has 2 unspecified atom stereocenters. The van der Waals surface area contributed by atoms with Crippen LogP contribution in [0, 0.1) is 11.8 Å². The second kappa shape index (κ2) is 5.58. The van der Waals surface area contributed by atoms with Gasteiger partial charge in [-0.1, -0.05) is 49.4 Å². The zero-order valence-electron chi connectivity index (χ0n) is 15.4. The lowest BCUT2D eigenvalue weighted by molar-refractivity contribution is 0.0138. The topological polar surface area (TPSA) is 43.7 Å². The van der Waals surface area contributed by atoms with Gasteiger partial charge in [-0.05, 0) is 35.4 Å². The number of benzene rings is 2. The predicted octanol–water partition coefficient (Wildman–Crippen LogP) is 3.13. The SMILES string of the molecule is CCC1(c2ccccc2O)C2CN(CC3(O)Cc4ccccc4C3)CC21. The Balaban J connectivity index is 1.29. The molecule has 2 aromatic rings. The van der Waals surface area contributed by atoms with Crippen molar-refractivity contribution in [2.24, 2.45) is 11.8 Å². The molecular formula is C23H27NO2. The van der Waals surface area contributed by atoms with Crippen molar-refractivity contribution in [3.8, 4) is 5.75 Å². The number of likely N-dealkylation sites (tertiary alicyclic amines) is 1. The van der Waals surface area contributed by atoms with Gasteiger partial charge < -0.3 is 10.2 Å². The van der Waals surface area contributed by atoms with Crippen LogP contribution in [0.3, 0.4) is 0 Å². The predicted molar refractivity (Wildman–Crippen MR) is 102 cm³/mol.